The molecule has 0 unspecified atom stereocenters. The standard InChI is InChI=1S/C26H26FN3O2/c1-19-7-8-21(20-9-11-24(27)12-10-20)15-25(19)29(13-14-31)18-26(32)28(2)30-16-22-5-3-4-6-23(22)17-30/h3-12,14-15H,13,16-18H2,1-2H3. The second-order valence-corrected chi connectivity index (χ2v) is 8.06. The third-order valence-electron chi connectivity index (χ3n) is 5.96. The molecule has 0 fully saturated rings. The van der Waals surface area contributed by atoms with E-state index in [0.717, 1.165) is 28.7 Å². The van der Waals surface area contributed by atoms with E-state index in [1.54, 1.807) is 29.1 Å². The van der Waals surface area contributed by atoms with Gasteiger partial charge in [-0.3, -0.25) is 9.80 Å². The number of halogens is 1. The number of hydrogen-bond donors (Lipinski definition) is 0. The third-order valence-corrected chi connectivity index (χ3v) is 5.96. The van der Waals surface area contributed by atoms with Crippen LogP contribution >= 0.6 is 0 Å². The molecule has 0 spiro atoms. The van der Waals surface area contributed by atoms with E-state index in [-0.39, 0.29) is 24.8 Å². The SMILES string of the molecule is Cc1ccc(-c2ccc(F)cc2)cc1N(CC=O)CC(=O)N(C)N1Cc2ccccc2C1. The lowest BCUT2D eigenvalue weighted by molar-refractivity contribution is -0.145. The normalized spacial score (nSPS) is 13.0. The highest BCUT2D eigenvalue weighted by Crippen LogP contribution is 2.29. The zero-order chi connectivity index (χ0) is 22.7. The Kier molecular flexibility index (Phi) is 6.32. The van der Waals surface area contributed by atoms with Crippen LogP contribution in [0.3, 0.4) is 0 Å². The molecule has 0 atom stereocenters. The number of aldehydes is 1. The third kappa shape index (κ3) is 4.55. The van der Waals surface area contributed by atoms with Crippen LogP contribution in [0.2, 0.25) is 0 Å². The van der Waals surface area contributed by atoms with Crippen molar-refractivity contribution in [2.75, 3.05) is 25.0 Å². The molecule has 1 aliphatic rings. The molecular formula is C26H26FN3O2. The summed E-state index contributed by atoms with van der Waals surface area (Å²) < 4.78 is 13.3. The molecule has 0 bridgehead atoms. The first kappa shape index (κ1) is 21.7. The molecule has 3 aromatic rings. The maximum Gasteiger partial charge on any atom is 0.256 e. The molecule has 0 radical (unpaired) electrons. The van der Waals surface area contributed by atoms with E-state index >= 15 is 0 Å². The minimum atomic E-state index is -0.290. The second-order valence-electron chi connectivity index (χ2n) is 8.06. The predicted molar refractivity (Wildman–Crippen MR) is 123 cm³/mol. The van der Waals surface area contributed by atoms with Gasteiger partial charge in [0.1, 0.15) is 12.1 Å². The van der Waals surface area contributed by atoms with Crippen LogP contribution in [-0.2, 0) is 22.7 Å². The molecule has 4 rings (SSSR count). The molecule has 0 aromatic heterocycles. The highest BCUT2D eigenvalue weighted by molar-refractivity contribution is 5.83. The summed E-state index contributed by atoms with van der Waals surface area (Å²) in [7, 11) is 1.77. The molecule has 6 heteroatoms. The Hall–Kier alpha value is -3.51. The first-order valence-corrected chi connectivity index (χ1v) is 10.6. The van der Waals surface area contributed by atoms with Gasteiger partial charge in [-0.1, -0.05) is 48.5 Å². The van der Waals surface area contributed by atoms with E-state index in [4.69, 9.17) is 0 Å². The average molecular weight is 432 g/mol. The second kappa shape index (κ2) is 9.32. The van der Waals surface area contributed by atoms with Crippen LogP contribution < -0.4 is 4.90 Å². The Morgan fingerprint density at radius 1 is 1.00 bits per heavy atom. The maximum absolute atomic E-state index is 13.3. The summed E-state index contributed by atoms with van der Waals surface area (Å²) >= 11 is 0. The number of hydrogen-bond acceptors (Lipinski definition) is 4. The Bertz CT molecular complexity index is 1110. The van der Waals surface area contributed by atoms with Crippen LogP contribution in [0.4, 0.5) is 10.1 Å². The van der Waals surface area contributed by atoms with Crippen molar-refractivity contribution in [1.82, 2.24) is 10.0 Å². The molecule has 0 aliphatic carbocycles. The Balaban J connectivity index is 1.53. The number of benzene rings is 3. The summed E-state index contributed by atoms with van der Waals surface area (Å²) in [6, 6.07) is 20.3. The van der Waals surface area contributed by atoms with Gasteiger partial charge in [0.25, 0.3) is 5.91 Å². The van der Waals surface area contributed by atoms with Crippen LogP contribution in [0.15, 0.2) is 66.7 Å². The van der Waals surface area contributed by atoms with Gasteiger partial charge in [-0.2, -0.15) is 0 Å². The van der Waals surface area contributed by atoms with Gasteiger partial charge in [-0.05, 0) is 52.9 Å². The van der Waals surface area contributed by atoms with Crippen molar-refractivity contribution in [2.45, 2.75) is 20.0 Å². The fourth-order valence-electron chi connectivity index (χ4n) is 4.06. The minimum absolute atomic E-state index is 0.0792. The Labute approximate surface area is 187 Å². The number of rotatable bonds is 7. The van der Waals surface area contributed by atoms with Crippen molar-refractivity contribution in [3.63, 3.8) is 0 Å². The lowest BCUT2D eigenvalue weighted by Crippen LogP contribution is -2.46. The maximum atomic E-state index is 13.3. The fourth-order valence-corrected chi connectivity index (χ4v) is 4.06. The molecule has 1 amide bonds. The van der Waals surface area contributed by atoms with Gasteiger partial charge in [-0.25, -0.2) is 9.40 Å². The molecule has 1 aliphatic heterocycles. The molecule has 0 saturated carbocycles. The van der Waals surface area contributed by atoms with Gasteiger partial charge in [0.05, 0.1) is 13.1 Å². The number of nitrogens with zero attached hydrogens (tertiary/aromatic N) is 3. The van der Waals surface area contributed by atoms with E-state index in [1.807, 2.05) is 42.3 Å². The lowest BCUT2D eigenvalue weighted by Gasteiger charge is -2.31. The highest BCUT2D eigenvalue weighted by atomic mass is 19.1. The van der Waals surface area contributed by atoms with Gasteiger partial charge in [0.2, 0.25) is 0 Å². The number of hydrazine groups is 1. The quantitative estimate of drug-likeness (QED) is 0.526. The summed E-state index contributed by atoms with van der Waals surface area (Å²) in [5.41, 5.74) is 5.99. The first-order valence-electron chi connectivity index (χ1n) is 10.6. The van der Waals surface area contributed by atoms with Crippen LogP contribution in [0.5, 0.6) is 0 Å². The van der Waals surface area contributed by atoms with Gasteiger partial charge in [0.15, 0.2) is 0 Å². The number of likely N-dealkylation sites (N-methyl/N-ethyl adjacent to an activating group) is 1. The predicted octanol–water partition coefficient (Wildman–Crippen LogP) is 4.20. The van der Waals surface area contributed by atoms with E-state index in [0.29, 0.717) is 13.1 Å². The minimum Gasteiger partial charge on any atom is -0.355 e. The first-order chi connectivity index (χ1) is 15.5. The van der Waals surface area contributed by atoms with Crippen LogP contribution in [0, 0.1) is 12.7 Å². The Morgan fingerprint density at radius 2 is 1.62 bits per heavy atom. The molecule has 0 N–H and O–H groups in total. The monoisotopic (exact) mass is 431 g/mol. The molecule has 5 nitrogen and oxygen atoms in total. The van der Waals surface area contributed by atoms with Crippen molar-refractivity contribution in [2.24, 2.45) is 0 Å². The number of amides is 1. The summed E-state index contributed by atoms with van der Waals surface area (Å²) in [6.07, 6.45) is 0.809. The van der Waals surface area contributed by atoms with Crippen molar-refractivity contribution < 1.29 is 14.0 Å². The van der Waals surface area contributed by atoms with Crippen molar-refractivity contribution in [1.29, 1.82) is 0 Å². The highest BCUT2D eigenvalue weighted by Gasteiger charge is 2.26. The average Bonchev–Trinajstić information content (AvgIpc) is 3.23. The van der Waals surface area contributed by atoms with Gasteiger partial charge in [-0.15, -0.1) is 0 Å². The van der Waals surface area contributed by atoms with Crippen molar-refractivity contribution >= 4 is 17.9 Å². The van der Waals surface area contributed by atoms with E-state index < -0.39 is 0 Å². The summed E-state index contributed by atoms with van der Waals surface area (Å²) in [5, 5.41) is 3.66. The van der Waals surface area contributed by atoms with E-state index in [1.165, 1.54) is 23.3 Å². The van der Waals surface area contributed by atoms with Crippen molar-refractivity contribution in [3.8, 4) is 11.1 Å². The zero-order valence-corrected chi connectivity index (χ0v) is 18.3. The fraction of sp³-hybridized carbons (Fsp3) is 0.231. The van der Waals surface area contributed by atoms with Crippen molar-refractivity contribution in [3.05, 3.63) is 89.2 Å². The zero-order valence-electron chi connectivity index (χ0n) is 18.3. The summed E-state index contributed by atoms with van der Waals surface area (Å²) in [5.74, 6) is -0.382. The summed E-state index contributed by atoms with van der Waals surface area (Å²) in [4.78, 5) is 26.3. The van der Waals surface area contributed by atoms with Crippen LogP contribution in [-0.4, -0.2) is 42.3 Å². The largest absolute Gasteiger partial charge is 0.355 e. The van der Waals surface area contributed by atoms with Gasteiger partial charge < -0.3 is 9.69 Å². The number of fused-ring (bicyclic) bond motifs is 1. The molecule has 3 aromatic carbocycles. The molecular weight excluding hydrogens is 405 g/mol. The molecule has 1 heterocycles. The smallest absolute Gasteiger partial charge is 0.256 e. The molecule has 0 saturated heterocycles. The van der Waals surface area contributed by atoms with Gasteiger partial charge >= 0.3 is 0 Å². The Morgan fingerprint density at radius 3 is 2.25 bits per heavy atom. The van der Waals surface area contributed by atoms with Crippen LogP contribution in [0.25, 0.3) is 11.1 Å². The summed E-state index contributed by atoms with van der Waals surface area (Å²) in [6.45, 7) is 3.51. The molecule has 164 valence electrons. The van der Waals surface area contributed by atoms with E-state index in [2.05, 4.69) is 12.1 Å². The molecule has 32 heavy (non-hydrogen) atoms. The number of carbonyl (C=O) groups excluding carboxylic acids is 2. The topological polar surface area (TPSA) is 43.9 Å². The number of aryl methyl sites for hydroxylation is 1. The van der Waals surface area contributed by atoms with Crippen LogP contribution in [0.1, 0.15) is 16.7 Å². The number of anilines is 1. The number of carbonyl (C=O) groups is 2. The lowest BCUT2D eigenvalue weighted by atomic mass is 10.0. The van der Waals surface area contributed by atoms with Gasteiger partial charge in [0, 0.05) is 25.8 Å². The van der Waals surface area contributed by atoms with E-state index in [9.17, 15) is 14.0 Å².